The quantitative estimate of drug-likeness (QED) is 0.478. The third-order valence-corrected chi connectivity index (χ3v) is 4.19. The molecule has 0 aliphatic rings. The minimum absolute atomic E-state index is 0.0309. The van der Waals surface area contributed by atoms with Gasteiger partial charge in [0, 0.05) is 17.1 Å². The smallest absolute Gasteiger partial charge is 0.319 e. The number of esters is 1. The maximum atomic E-state index is 11.9. The van der Waals surface area contributed by atoms with E-state index in [0.29, 0.717) is 11.4 Å². The maximum Gasteiger partial charge on any atom is 0.319 e. The van der Waals surface area contributed by atoms with E-state index in [-0.39, 0.29) is 19.6 Å². The molecule has 2 aromatic rings. The molecule has 8 heteroatoms. The first kappa shape index (κ1) is 20.3. The molecule has 2 aromatic carbocycles. The summed E-state index contributed by atoms with van der Waals surface area (Å²) in [6, 6.07) is 15.9. The molecule has 0 heterocycles. The molecule has 0 radical (unpaired) electrons. The van der Waals surface area contributed by atoms with E-state index in [0.717, 1.165) is 4.90 Å². The lowest BCUT2D eigenvalue weighted by molar-refractivity contribution is -0.147. The number of para-hydroxylation sites is 2. The molecule has 3 N–H and O–H groups in total. The highest BCUT2D eigenvalue weighted by atomic mass is 32.2. The highest BCUT2D eigenvalue weighted by molar-refractivity contribution is 7.98. The average Bonchev–Trinajstić information content (AvgIpc) is 2.67. The first-order valence-electron chi connectivity index (χ1n) is 8.27. The Bertz CT molecular complexity index is 784. The van der Waals surface area contributed by atoms with Crippen molar-refractivity contribution in [2.24, 2.45) is 0 Å². The van der Waals surface area contributed by atoms with E-state index >= 15 is 0 Å². The van der Waals surface area contributed by atoms with Crippen molar-refractivity contribution in [3.05, 3.63) is 54.6 Å². The van der Waals surface area contributed by atoms with Crippen molar-refractivity contribution in [3.63, 3.8) is 0 Å². The monoisotopic (exact) mass is 387 g/mol. The zero-order chi connectivity index (χ0) is 19.5. The number of hydrogen-bond acceptors (Lipinski definition) is 5. The van der Waals surface area contributed by atoms with Gasteiger partial charge in [0.05, 0.1) is 12.1 Å². The van der Waals surface area contributed by atoms with Crippen LogP contribution in [0.25, 0.3) is 0 Å². The van der Waals surface area contributed by atoms with E-state index < -0.39 is 17.9 Å². The van der Waals surface area contributed by atoms with E-state index in [1.165, 1.54) is 11.8 Å². The second-order valence-electron chi connectivity index (χ2n) is 5.41. The van der Waals surface area contributed by atoms with Gasteiger partial charge in [0.2, 0.25) is 0 Å². The second-order valence-corrected chi connectivity index (χ2v) is 6.25. The number of benzene rings is 2. The van der Waals surface area contributed by atoms with E-state index in [4.69, 9.17) is 4.74 Å². The molecule has 0 fully saturated rings. The first-order valence-corrected chi connectivity index (χ1v) is 9.49. The Kier molecular flexibility index (Phi) is 8.18. The fourth-order valence-corrected chi connectivity index (χ4v) is 2.68. The summed E-state index contributed by atoms with van der Waals surface area (Å²) in [5, 5.41) is 7.89. The van der Waals surface area contributed by atoms with Crippen molar-refractivity contribution in [1.82, 2.24) is 5.32 Å². The van der Waals surface area contributed by atoms with Gasteiger partial charge in [-0.3, -0.25) is 9.59 Å². The highest BCUT2D eigenvalue weighted by Gasteiger charge is 2.10. The molecule has 0 atom stereocenters. The molecule has 0 saturated carbocycles. The molecule has 3 amide bonds. The Morgan fingerprint density at radius 2 is 1.67 bits per heavy atom. The molecule has 0 aliphatic heterocycles. The van der Waals surface area contributed by atoms with Gasteiger partial charge in [0.15, 0.2) is 6.61 Å². The van der Waals surface area contributed by atoms with Crippen LogP contribution in [0.4, 0.5) is 16.2 Å². The fourth-order valence-electron chi connectivity index (χ4n) is 2.13. The topological polar surface area (TPSA) is 96.5 Å². The zero-order valence-corrected chi connectivity index (χ0v) is 15.7. The Morgan fingerprint density at radius 1 is 0.963 bits per heavy atom. The molecule has 0 unspecified atom stereocenters. The third-order valence-electron chi connectivity index (χ3n) is 3.39. The largest absolute Gasteiger partial charge is 0.456 e. The molecule has 0 bridgehead atoms. The number of hydrogen-bond donors (Lipinski definition) is 3. The Labute approximate surface area is 161 Å². The van der Waals surface area contributed by atoms with Crippen LogP contribution >= 0.6 is 11.8 Å². The van der Waals surface area contributed by atoms with Crippen molar-refractivity contribution in [2.45, 2.75) is 11.3 Å². The van der Waals surface area contributed by atoms with Crippen molar-refractivity contribution in [1.29, 1.82) is 0 Å². The SMILES string of the molecule is CSc1ccccc1NC(=O)COC(=O)CCNC(=O)Nc1ccccc1. The number of carbonyl (C=O) groups excluding carboxylic acids is 3. The van der Waals surface area contributed by atoms with Crippen LogP contribution in [0.3, 0.4) is 0 Å². The maximum absolute atomic E-state index is 11.9. The molecule has 27 heavy (non-hydrogen) atoms. The van der Waals surface area contributed by atoms with Crippen LogP contribution in [0, 0.1) is 0 Å². The second kappa shape index (κ2) is 10.9. The number of anilines is 2. The Morgan fingerprint density at radius 3 is 2.41 bits per heavy atom. The molecule has 7 nitrogen and oxygen atoms in total. The minimum atomic E-state index is -0.566. The summed E-state index contributed by atoms with van der Waals surface area (Å²) in [5.74, 6) is -0.983. The number of urea groups is 1. The van der Waals surface area contributed by atoms with Crippen LogP contribution in [0.2, 0.25) is 0 Å². The zero-order valence-electron chi connectivity index (χ0n) is 14.9. The number of carbonyl (C=O) groups is 3. The van der Waals surface area contributed by atoms with E-state index in [1.54, 1.807) is 30.3 Å². The van der Waals surface area contributed by atoms with Crippen LogP contribution in [0.5, 0.6) is 0 Å². The molecule has 0 aliphatic carbocycles. The minimum Gasteiger partial charge on any atom is -0.456 e. The molecular formula is C19H21N3O4S. The van der Waals surface area contributed by atoms with Crippen molar-refractivity contribution >= 4 is 41.0 Å². The summed E-state index contributed by atoms with van der Waals surface area (Å²) in [7, 11) is 0. The summed E-state index contributed by atoms with van der Waals surface area (Å²) in [6.07, 6.45) is 1.88. The van der Waals surface area contributed by atoms with Gasteiger partial charge < -0.3 is 20.7 Å². The number of nitrogens with one attached hydrogen (secondary N) is 3. The van der Waals surface area contributed by atoms with Gasteiger partial charge in [-0.1, -0.05) is 30.3 Å². The van der Waals surface area contributed by atoms with Crippen LogP contribution < -0.4 is 16.0 Å². The normalized spacial score (nSPS) is 9.96. The average molecular weight is 387 g/mol. The number of amides is 3. The van der Waals surface area contributed by atoms with Crippen molar-refractivity contribution < 1.29 is 19.1 Å². The molecule has 0 aromatic heterocycles. The van der Waals surface area contributed by atoms with Crippen molar-refractivity contribution in [3.8, 4) is 0 Å². The molecular weight excluding hydrogens is 366 g/mol. The van der Waals surface area contributed by atoms with Gasteiger partial charge in [-0.25, -0.2) is 4.79 Å². The Balaban J connectivity index is 1.64. The predicted molar refractivity (Wildman–Crippen MR) is 106 cm³/mol. The standard InChI is InChI=1S/C19H21N3O4S/c1-27-16-10-6-5-9-15(16)22-17(23)13-26-18(24)11-12-20-19(25)21-14-7-3-2-4-8-14/h2-10H,11-13H2,1H3,(H,22,23)(H2,20,21,25). The van der Waals surface area contributed by atoms with Crippen LogP contribution in [0.1, 0.15) is 6.42 Å². The summed E-state index contributed by atoms with van der Waals surface area (Å²) in [4.78, 5) is 36.2. The van der Waals surface area contributed by atoms with E-state index in [9.17, 15) is 14.4 Å². The van der Waals surface area contributed by atoms with Gasteiger partial charge in [0.1, 0.15) is 0 Å². The molecule has 0 spiro atoms. The van der Waals surface area contributed by atoms with E-state index in [1.807, 2.05) is 30.5 Å². The lowest BCUT2D eigenvalue weighted by Crippen LogP contribution is -2.31. The van der Waals surface area contributed by atoms with Gasteiger partial charge in [-0.05, 0) is 30.5 Å². The summed E-state index contributed by atoms with van der Waals surface area (Å²) < 4.78 is 4.92. The number of ether oxygens (including phenoxy) is 1. The summed E-state index contributed by atoms with van der Waals surface area (Å²) >= 11 is 1.51. The van der Waals surface area contributed by atoms with Gasteiger partial charge in [-0.2, -0.15) is 0 Å². The van der Waals surface area contributed by atoms with E-state index in [2.05, 4.69) is 16.0 Å². The van der Waals surface area contributed by atoms with Gasteiger partial charge in [-0.15, -0.1) is 11.8 Å². The summed E-state index contributed by atoms with van der Waals surface area (Å²) in [5.41, 5.74) is 1.32. The fraction of sp³-hybridized carbons (Fsp3) is 0.211. The van der Waals surface area contributed by atoms with Gasteiger partial charge in [0.25, 0.3) is 5.91 Å². The number of rotatable bonds is 8. The Hall–Kier alpha value is -3.00. The third kappa shape index (κ3) is 7.41. The number of thioether (sulfide) groups is 1. The molecule has 142 valence electrons. The molecule has 0 saturated heterocycles. The van der Waals surface area contributed by atoms with Gasteiger partial charge >= 0.3 is 12.0 Å². The molecule has 2 rings (SSSR count). The van der Waals surface area contributed by atoms with Crippen LogP contribution in [-0.2, 0) is 14.3 Å². The lowest BCUT2D eigenvalue weighted by atomic mass is 10.3. The van der Waals surface area contributed by atoms with Crippen molar-refractivity contribution in [2.75, 3.05) is 30.0 Å². The highest BCUT2D eigenvalue weighted by Crippen LogP contribution is 2.24. The summed E-state index contributed by atoms with van der Waals surface area (Å²) in [6.45, 7) is -0.272. The predicted octanol–water partition coefficient (Wildman–Crippen LogP) is 3.10. The van der Waals surface area contributed by atoms with Crippen LogP contribution in [0.15, 0.2) is 59.5 Å². The first-order chi connectivity index (χ1) is 13.1. The van der Waals surface area contributed by atoms with Crippen LogP contribution in [-0.4, -0.2) is 37.3 Å². The lowest BCUT2D eigenvalue weighted by Gasteiger charge is -2.10.